The lowest BCUT2D eigenvalue weighted by molar-refractivity contribution is -0.137. The van der Waals surface area contributed by atoms with Gasteiger partial charge in [-0.05, 0) is 18.9 Å². The fraction of sp³-hybridized carbons (Fsp3) is 0.562. The van der Waals surface area contributed by atoms with Crippen molar-refractivity contribution in [1.29, 1.82) is 0 Å². The molecule has 2 rings (SSSR count). The van der Waals surface area contributed by atoms with Crippen molar-refractivity contribution in [1.82, 2.24) is 9.88 Å². The summed E-state index contributed by atoms with van der Waals surface area (Å²) in [6.45, 7) is 7.23. The number of ether oxygens (including phenoxy) is 2. The van der Waals surface area contributed by atoms with Crippen molar-refractivity contribution in [2.75, 3.05) is 32.8 Å². The Morgan fingerprint density at radius 1 is 1.39 bits per heavy atom. The SMILES string of the molecule is C=CCC[C@H](CN1CCOCC1)Oc1cc(C(F)(F)F)ccn1. The zero-order chi connectivity index (χ0) is 16.7. The minimum absolute atomic E-state index is 0.00199. The van der Waals surface area contributed by atoms with Gasteiger partial charge in [-0.25, -0.2) is 4.98 Å². The second-order valence-corrected chi connectivity index (χ2v) is 5.40. The van der Waals surface area contributed by atoms with E-state index in [9.17, 15) is 13.2 Å². The standard InChI is InChI=1S/C16H21F3N2O2/c1-2-3-4-14(12-21-7-9-22-10-8-21)23-15-11-13(5-6-20-15)16(17,18)19/h2,5-6,11,14H,1,3-4,7-10,12H2/t14-/m1/s1. The van der Waals surface area contributed by atoms with Crippen LogP contribution in [-0.2, 0) is 10.9 Å². The first-order valence-corrected chi connectivity index (χ1v) is 7.60. The van der Waals surface area contributed by atoms with Crippen molar-refractivity contribution in [2.24, 2.45) is 0 Å². The summed E-state index contributed by atoms with van der Waals surface area (Å²) in [6, 6.07) is 1.88. The molecule has 1 aliphatic rings. The van der Waals surface area contributed by atoms with E-state index in [2.05, 4.69) is 16.5 Å². The van der Waals surface area contributed by atoms with Crippen molar-refractivity contribution in [3.63, 3.8) is 0 Å². The summed E-state index contributed by atoms with van der Waals surface area (Å²) in [7, 11) is 0. The van der Waals surface area contributed by atoms with Crippen LogP contribution in [0.1, 0.15) is 18.4 Å². The molecule has 0 spiro atoms. The Bertz CT molecular complexity index is 502. The van der Waals surface area contributed by atoms with Crippen molar-refractivity contribution in [2.45, 2.75) is 25.1 Å². The average molecular weight is 330 g/mol. The van der Waals surface area contributed by atoms with Gasteiger partial charge in [0.15, 0.2) is 0 Å². The van der Waals surface area contributed by atoms with E-state index in [1.165, 1.54) is 0 Å². The molecule has 0 N–H and O–H groups in total. The van der Waals surface area contributed by atoms with Gasteiger partial charge in [0.05, 0.1) is 18.8 Å². The highest BCUT2D eigenvalue weighted by atomic mass is 19.4. The molecule has 1 fully saturated rings. The number of rotatable bonds is 7. The van der Waals surface area contributed by atoms with Crippen LogP contribution in [0, 0.1) is 0 Å². The van der Waals surface area contributed by atoms with E-state index in [4.69, 9.17) is 9.47 Å². The molecule has 1 atom stereocenters. The number of nitrogens with zero attached hydrogens (tertiary/aromatic N) is 2. The van der Waals surface area contributed by atoms with Crippen LogP contribution >= 0.6 is 0 Å². The largest absolute Gasteiger partial charge is 0.473 e. The minimum atomic E-state index is -4.40. The maximum Gasteiger partial charge on any atom is 0.416 e. The second-order valence-electron chi connectivity index (χ2n) is 5.40. The predicted molar refractivity (Wildman–Crippen MR) is 80.3 cm³/mol. The lowest BCUT2D eigenvalue weighted by Crippen LogP contribution is -2.42. The summed E-state index contributed by atoms with van der Waals surface area (Å²) < 4.78 is 49.3. The molecule has 0 saturated carbocycles. The second kappa shape index (κ2) is 8.31. The molecule has 0 bridgehead atoms. The van der Waals surface area contributed by atoms with Gasteiger partial charge < -0.3 is 9.47 Å². The topological polar surface area (TPSA) is 34.6 Å². The van der Waals surface area contributed by atoms with Gasteiger partial charge >= 0.3 is 6.18 Å². The highest BCUT2D eigenvalue weighted by molar-refractivity contribution is 5.23. The van der Waals surface area contributed by atoms with E-state index in [-0.39, 0.29) is 12.0 Å². The first-order valence-electron chi connectivity index (χ1n) is 7.60. The van der Waals surface area contributed by atoms with Crippen LogP contribution in [0.4, 0.5) is 13.2 Å². The molecule has 0 aliphatic carbocycles. The molecule has 1 saturated heterocycles. The van der Waals surface area contributed by atoms with Crippen molar-refractivity contribution in [3.8, 4) is 5.88 Å². The number of hydrogen-bond acceptors (Lipinski definition) is 4. The van der Waals surface area contributed by atoms with E-state index in [1.807, 2.05) is 0 Å². The number of halogens is 3. The van der Waals surface area contributed by atoms with Crippen LogP contribution in [0.2, 0.25) is 0 Å². The van der Waals surface area contributed by atoms with Crippen molar-refractivity contribution in [3.05, 3.63) is 36.5 Å². The van der Waals surface area contributed by atoms with Gasteiger partial charge in [-0.2, -0.15) is 13.2 Å². The normalized spacial score (nSPS) is 17.7. The maximum atomic E-state index is 12.8. The molecular formula is C16H21F3N2O2. The molecule has 0 unspecified atom stereocenters. The third-order valence-electron chi connectivity index (χ3n) is 3.61. The fourth-order valence-corrected chi connectivity index (χ4v) is 2.38. The third kappa shape index (κ3) is 5.84. The van der Waals surface area contributed by atoms with Crippen LogP contribution in [0.5, 0.6) is 5.88 Å². The first-order chi connectivity index (χ1) is 11.0. The smallest absolute Gasteiger partial charge is 0.416 e. The number of morpholine rings is 1. The molecule has 4 nitrogen and oxygen atoms in total. The molecule has 0 radical (unpaired) electrons. The Kier molecular flexibility index (Phi) is 6.41. The molecule has 23 heavy (non-hydrogen) atoms. The van der Waals surface area contributed by atoms with Crippen LogP contribution in [0.3, 0.4) is 0 Å². The minimum Gasteiger partial charge on any atom is -0.473 e. The number of alkyl halides is 3. The Morgan fingerprint density at radius 2 is 2.13 bits per heavy atom. The number of aromatic nitrogens is 1. The van der Waals surface area contributed by atoms with Crippen LogP contribution in [-0.4, -0.2) is 48.8 Å². The highest BCUT2D eigenvalue weighted by Crippen LogP contribution is 2.30. The zero-order valence-electron chi connectivity index (χ0n) is 12.9. The van der Waals surface area contributed by atoms with E-state index in [0.717, 1.165) is 37.8 Å². The highest BCUT2D eigenvalue weighted by Gasteiger charge is 2.31. The Hall–Kier alpha value is -1.60. The summed E-state index contributed by atoms with van der Waals surface area (Å²) in [6.07, 6.45) is -0.330. The van der Waals surface area contributed by atoms with Crippen molar-refractivity contribution >= 4 is 0 Å². The van der Waals surface area contributed by atoms with Crippen LogP contribution in [0.15, 0.2) is 31.0 Å². The summed E-state index contributed by atoms with van der Waals surface area (Å²) >= 11 is 0. The number of pyridine rings is 1. The fourth-order valence-electron chi connectivity index (χ4n) is 2.38. The van der Waals surface area contributed by atoms with Gasteiger partial charge in [0.2, 0.25) is 5.88 Å². The van der Waals surface area contributed by atoms with Gasteiger partial charge in [0.25, 0.3) is 0 Å². The van der Waals surface area contributed by atoms with Crippen LogP contribution < -0.4 is 4.74 Å². The summed E-state index contributed by atoms with van der Waals surface area (Å²) in [5.41, 5.74) is -0.753. The maximum absolute atomic E-state index is 12.8. The summed E-state index contributed by atoms with van der Waals surface area (Å²) in [5, 5.41) is 0. The van der Waals surface area contributed by atoms with Gasteiger partial charge in [-0.3, -0.25) is 4.90 Å². The quantitative estimate of drug-likeness (QED) is 0.720. The number of hydrogen-bond donors (Lipinski definition) is 0. The third-order valence-corrected chi connectivity index (χ3v) is 3.61. The van der Waals surface area contributed by atoms with E-state index >= 15 is 0 Å². The molecule has 1 aliphatic heterocycles. The van der Waals surface area contributed by atoms with E-state index < -0.39 is 11.7 Å². The molecule has 128 valence electrons. The molecule has 1 aromatic rings. The lowest BCUT2D eigenvalue weighted by Gasteiger charge is -2.30. The van der Waals surface area contributed by atoms with Gasteiger partial charge in [0, 0.05) is 31.9 Å². The summed E-state index contributed by atoms with van der Waals surface area (Å²) in [5.74, 6) is 0.00199. The Morgan fingerprint density at radius 3 is 2.78 bits per heavy atom. The van der Waals surface area contributed by atoms with Crippen LogP contribution in [0.25, 0.3) is 0 Å². The first kappa shape index (κ1) is 17.7. The van der Waals surface area contributed by atoms with Gasteiger partial charge in [0.1, 0.15) is 6.10 Å². The lowest BCUT2D eigenvalue weighted by atomic mass is 10.1. The zero-order valence-corrected chi connectivity index (χ0v) is 12.9. The molecule has 7 heteroatoms. The average Bonchev–Trinajstić information content (AvgIpc) is 2.53. The molecule has 1 aromatic heterocycles. The molecule has 2 heterocycles. The van der Waals surface area contributed by atoms with E-state index in [1.54, 1.807) is 6.08 Å². The molecular weight excluding hydrogens is 309 g/mol. The Labute approximate surface area is 133 Å². The van der Waals surface area contributed by atoms with Crippen molar-refractivity contribution < 1.29 is 22.6 Å². The molecule has 0 aromatic carbocycles. The predicted octanol–water partition coefficient (Wildman–Crippen LogP) is 3.15. The van der Waals surface area contributed by atoms with Gasteiger partial charge in [-0.15, -0.1) is 6.58 Å². The van der Waals surface area contributed by atoms with Gasteiger partial charge in [-0.1, -0.05) is 6.08 Å². The Balaban J connectivity index is 2.02. The summed E-state index contributed by atoms with van der Waals surface area (Å²) in [4.78, 5) is 6.09. The monoisotopic (exact) mass is 330 g/mol. The molecule has 0 amide bonds. The number of allylic oxidation sites excluding steroid dienone is 1. The van der Waals surface area contributed by atoms with E-state index in [0.29, 0.717) is 26.2 Å².